The number of aliphatic hydroxyl groups is 1. The molecule has 0 aromatic heterocycles. The van der Waals surface area contributed by atoms with E-state index in [1.54, 1.807) is 12.1 Å². The van der Waals surface area contributed by atoms with Crippen molar-refractivity contribution in [2.45, 2.75) is 13.0 Å². The predicted octanol–water partition coefficient (Wildman–Crippen LogP) is 2.47. The lowest BCUT2D eigenvalue weighted by Gasteiger charge is -2.37. The number of rotatable bonds is 7. The monoisotopic (exact) mass is 371 g/mol. The van der Waals surface area contributed by atoms with Gasteiger partial charge in [0.25, 0.3) is 5.69 Å². The smallest absolute Gasteiger partial charge is 0.269 e. The molecular weight excluding hydrogens is 346 g/mol. The number of nitro benzene ring substituents is 1. The maximum absolute atomic E-state index is 10.6. The maximum atomic E-state index is 10.6. The lowest BCUT2D eigenvalue weighted by molar-refractivity contribution is -0.384. The number of aryl methyl sites for hydroxylation is 1. The van der Waals surface area contributed by atoms with Gasteiger partial charge in [-0.15, -0.1) is 0 Å². The molecule has 1 fully saturated rings. The Morgan fingerprint density at radius 1 is 1.15 bits per heavy atom. The lowest BCUT2D eigenvalue weighted by atomic mass is 10.2. The van der Waals surface area contributed by atoms with Crippen molar-refractivity contribution in [2.24, 2.45) is 0 Å². The molecule has 1 atom stereocenters. The van der Waals surface area contributed by atoms with Gasteiger partial charge in [-0.05, 0) is 36.8 Å². The highest BCUT2D eigenvalue weighted by atomic mass is 16.6. The third-order valence-electron chi connectivity index (χ3n) is 4.70. The van der Waals surface area contributed by atoms with Gasteiger partial charge in [0.05, 0.1) is 4.92 Å². The summed E-state index contributed by atoms with van der Waals surface area (Å²) in [5, 5.41) is 20.9. The average molecular weight is 371 g/mol. The quantitative estimate of drug-likeness (QED) is 0.595. The van der Waals surface area contributed by atoms with E-state index in [0.29, 0.717) is 12.3 Å². The van der Waals surface area contributed by atoms with Gasteiger partial charge >= 0.3 is 0 Å². The molecule has 0 radical (unpaired) electrons. The summed E-state index contributed by atoms with van der Waals surface area (Å²) in [6.45, 7) is 6.45. The molecule has 1 N–H and O–H groups in total. The molecule has 3 rings (SSSR count). The Kier molecular flexibility index (Phi) is 6.26. The first-order valence-corrected chi connectivity index (χ1v) is 9.10. The molecule has 144 valence electrons. The minimum absolute atomic E-state index is 0.0226. The lowest BCUT2D eigenvalue weighted by Crippen LogP contribution is -2.49. The molecule has 0 aliphatic carbocycles. The Bertz CT molecular complexity index is 758. The number of non-ortho nitro benzene ring substituents is 1. The van der Waals surface area contributed by atoms with Crippen LogP contribution >= 0.6 is 0 Å². The van der Waals surface area contributed by atoms with Crippen LogP contribution < -0.4 is 9.64 Å². The Labute approximate surface area is 158 Å². The summed E-state index contributed by atoms with van der Waals surface area (Å²) in [6, 6.07) is 14.4. The van der Waals surface area contributed by atoms with Gasteiger partial charge in [0.15, 0.2) is 0 Å². The number of aliphatic hydroxyl groups excluding tert-OH is 1. The summed E-state index contributed by atoms with van der Waals surface area (Å²) in [5.74, 6) is 0.518. The number of anilines is 1. The predicted molar refractivity (Wildman–Crippen MR) is 104 cm³/mol. The molecule has 1 heterocycles. The molecule has 1 aliphatic rings. The van der Waals surface area contributed by atoms with Gasteiger partial charge in [-0.2, -0.15) is 0 Å². The molecule has 1 unspecified atom stereocenters. The van der Waals surface area contributed by atoms with Gasteiger partial charge in [0, 0.05) is 50.5 Å². The van der Waals surface area contributed by atoms with Crippen molar-refractivity contribution in [2.75, 3.05) is 44.2 Å². The van der Waals surface area contributed by atoms with E-state index in [2.05, 4.69) is 41.0 Å². The first kappa shape index (κ1) is 19.1. The van der Waals surface area contributed by atoms with Crippen molar-refractivity contribution in [3.8, 4) is 5.75 Å². The van der Waals surface area contributed by atoms with Gasteiger partial charge < -0.3 is 14.7 Å². The van der Waals surface area contributed by atoms with E-state index in [0.717, 1.165) is 26.2 Å². The fourth-order valence-electron chi connectivity index (χ4n) is 3.22. The molecule has 7 nitrogen and oxygen atoms in total. The first-order chi connectivity index (χ1) is 13.0. The number of ether oxygens (including phenoxy) is 1. The van der Waals surface area contributed by atoms with Crippen LogP contribution in [0.2, 0.25) is 0 Å². The third kappa shape index (κ3) is 5.42. The minimum atomic E-state index is -0.606. The van der Waals surface area contributed by atoms with Crippen LogP contribution in [0.1, 0.15) is 5.56 Å². The Morgan fingerprint density at radius 2 is 1.85 bits per heavy atom. The van der Waals surface area contributed by atoms with Crippen molar-refractivity contribution in [1.29, 1.82) is 0 Å². The van der Waals surface area contributed by atoms with Crippen LogP contribution in [-0.4, -0.2) is 60.4 Å². The molecule has 1 aliphatic heterocycles. The van der Waals surface area contributed by atoms with E-state index < -0.39 is 11.0 Å². The van der Waals surface area contributed by atoms with Crippen LogP contribution in [0.3, 0.4) is 0 Å². The van der Waals surface area contributed by atoms with Crippen molar-refractivity contribution in [3.05, 3.63) is 64.2 Å². The SMILES string of the molecule is Cc1cccc(N2CCN(CC(O)COc3ccc([N+](=O)[O-])cc3)CC2)c1. The van der Waals surface area contributed by atoms with Crippen molar-refractivity contribution >= 4 is 11.4 Å². The number of hydrogen-bond donors (Lipinski definition) is 1. The van der Waals surface area contributed by atoms with Crippen LogP contribution in [0, 0.1) is 17.0 Å². The molecule has 27 heavy (non-hydrogen) atoms. The van der Waals surface area contributed by atoms with Crippen molar-refractivity contribution in [3.63, 3.8) is 0 Å². The Morgan fingerprint density at radius 3 is 2.48 bits per heavy atom. The maximum Gasteiger partial charge on any atom is 0.269 e. The third-order valence-corrected chi connectivity index (χ3v) is 4.70. The van der Waals surface area contributed by atoms with Crippen LogP contribution in [0.5, 0.6) is 5.75 Å². The van der Waals surface area contributed by atoms with E-state index in [1.807, 2.05) is 0 Å². The largest absolute Gasteiger partial charge is 0.491 e. The fraction of sp³-hybridized carbons (Fsp3) is 0.400. The normalized spacial score (nSPS) is 16.1. The van der Waals surface area contributed by atoms with Crippen molar-refractivity contribution in [1.82, 2.24) is 4.90 Å². The second kappa shape index (κ2) is 8.83. The molecule has 7 heteroatoms. The van der Waals surface area contributed by atoms with E-state index in [1.165, 1.54) is 23.4 Å². The van der Waals surface area contributed by atoms with Crippen LogP contribution in [0.15, 0.2) is 48.5 Å². The molecular formula is C20H25N3O4. The van der Waals surface area contributed by atoms with E-state index in [-0.39, 0.29) is 12.3 Å². The highest BCUT2D eigenvalue weighted by molar-refractivity contribution is 5.48. The summed E-state index contributed by atoms with van der Waals surface area (Å²) < 4.78 is 5.54. The van der Waals surface area contributed by atoms with Crippen LogP contribution in [-0.2, 0) is 0 Å². The first-order valence-electron chi connectivity index (χ1n) is 9.10. The zero-order valence-electron chi connectivity index (χ0n) is 15.5. The summed E-state index contributed by atoms with van der Waals surface area (Å²) in [7, 11) is 0. The second-order valence-electron chi connectivity index (χ2n) is 6.84. The minimum Gasteiger partial charge on any atom is -0.491 e. The van der Waals surface area contributed by atoms with Crippen LogP contribution in [0.25, 0.3) is 0 Å². The number of hydrogen-bond acceptors (Lipinski definition) is 6. The standard InChI is InChI=1S/C20H25N3O4/c1-16-3-2-4-18(13-16)22-11-9-21(10-12-22)14-19(24)15-27-20-7-5-17(6-8-20)23(25)26/h2-8,13,19,24H,9-12,14-15H2,1H3. The summed E-state index contributed by atoms with van der Waals surface area (Å²) in [5.41, 5.74) is 2.53. The number of nitro groups is 1. The molecule has 0 bridgehead atoms. The number of piperazine rings is 1. The zero-order valence-corrected chi connectivity index (χ0v) is 15.5. The topological polar surface area (TPSA) is 79.1 Å². The Balaban J connectivity index is 1.41. The van der Waals surface area contributed by atoms with E-state index in [4.69, 9.17) is 4.74 Å². The number of benzene rings is 2. The molecule has 2 aromatic carbocycles. The zero-order chi connectivity index (χ0) is 19.2. The summed E-state index contributed by atoms with van der Waals surface area (Å²) in [4.78, 5) is 14.8. The molecule has 0 saturated carbocycles. The number of β-amino-alcohol motifs (C(OH)–C–C–N with tert-alkyl or cyclic N) is 1. The summed E-state index contributed by atoms with van der Waals surface area (Å²) in [6.07, 6.45) is -0.606. The highest BCUT2D eigenvalue weighted by Crippen LogP contribution is 2.19. The Hall–Kier alpha value is -2.64. The number of nitrogens with zero attached hydrogens (tertiary/aromatic N) is 3. The fourth-order valence-corrected chi connectivity index (χ4v) is 3.22. The van der Waals surface area contributed by atoms with Gasteiger partial charge in [-0.25, -0.2) is 0 Å². The van der Waals surface area contributed by atoms with Gasteiger partial charge in [0.2, 0.25) is 0 Å². The second-order valence-corrected chi connectivity index (χ2v) is 6.84. The molecule has 0 amide bonds. The average Bonchev–Trinajstić information content (AvgIpc) is 2.67. The van der Waals surface area contributed by atoms with Gasteiger partial charge in [-0.1, -0.05) is 12.1 Å². The van der Waals surface area contributed by atoms with Gasteiger partial charge in [-0.3, -0.25) is 15.0 Å². The molecule has 1 saturated heterocycles. The van der Waals surface area contributed by atoms with E-state index in [9.17, 15) is 15.2 Å². The molecule has 0 spiro atoms. The van der Waals surface area contributed by atoms with Crippen LogP contribution in [0.4, 0.5) is 11.4 Å². The highest BCUT2D eigenvalue weighted by Gasteiger charge is 2.20. The summed E-state index contributed by atoms with van der Waals surface area (Å²) >= 11 is 0. The van der Waals surface area contributed by atoms with Crippen molar-refractivity contribution < 1.29 is 14.8 Å². The van der Waals surface area contributed by atoms with E-state index >= 15 is 0 Å². The van der Waals surface area contributed by atoms with Gasteiger partial charge in [0.1, 0.15) is 18.5 Å². The molecule has 2 aromatic rings.